The number of likely N-dealkylation sites (N-methyl/N-ethyl adjacent to an activating group) is 1. The van der Waals surface area contributed by atoms with Gasteiger partial charge in [0.15, 0.2) is 21.6 Å². The summed E-state index contributed by atoms with van der Waals surface area (Å²) in [6, 6.07) is 8.74. The maximum absolute atomic E-state index is 12.8. The number of aryl methyl sites for hydroxylation is 1. The first-order chi connectivity index (χ1) is 13.7. The van der Waals surface area contributed by atoms with E-state index in [1.807, 2.05) is 18.2 Å². The highest BCUT2D eigenvalue weighted by atomic mass is 32.2. The van der Waals surface area contributed by atoms with Gasteiger partial charge in [0.05, 0.1) is 11.5 Å². The Morgan fingerprint density at radius 1 is 1.31 bits per heavy atom. The van der Waals surface area contributed by atoms with Crippen molar-refractivity contribution in [2.24, 2.45) is 0 Å². The van der Waals surface area contributed by atoms with Gasteiger partial charge in [-0.1, -0.05) is 18.2 Å². The summed E-state index contributed by atoms with van der Waals surface area (Å²) in [5, 5.41) is 0. The fourth-order valence-corrected chi connectivity index (χ4v) is 5.14. The Morgan fingerprint density at radius 2 is 2.00 bits per heavy atom. The molecule has 1 saturated heterocycles. The molecule has 0 radical (unpaired) electrons. The normalized spacial score (nSPS) is 18.9. The first-order valence-corrected chi connectivity index (χ1v) is 11.3. The molecule has 2 aromatic rings. The number of aromatic nitrogens is 1. The summed E-state index contributed by atoms with van der Waals surface area (Å²) < 4.78 is 34.3. The molecule has 1 aromatic heterocycles. The number of carbonyl (C=O) groups is 2. The van der Waals surface area contributed by atoms with E-state index in [0.29, 0.717) is 24.6 Å². The van der Waals surface area contributed by atoms with Crippen LogP contribution < -0.4 is 0 Å². The minimum Gasteiger partial charge on any atom is -0.448 e. The standard InChI is InChI=1S/C20H24N2O6S/c1-4-22(16-10-11-29(25,26)12-16)19(23)14(3)28-20(24)17-13(2)27-18(21-17)15-8-6-5-7-9-15/h5-9,14,16H,4,10-12H2,1-3H3/t14-,16+/m0/s1. The van der Waals surface area contributed by atoms with E-state index in [1.54, 1.807) is 26.0 Å². The molecule has 29 heavy (non-hydrogen) atoms. The molecule has 1 aliphatic rings. The monoisotopic (exact) mass is 420 g/mol. The van der Waals surface area contributed by atoms with Gasteiger partial charge in [-0.3, -0.25) is 4.79 Å². The lowest BCUT2D eigenvalue weighted by atomic mass is 10.2. The van der Waals surface area contributed by atoms with Crippen LogP contribution in [0.15, 0.2) is 34.7 Å². The Labute approximate surface area is 169 Å². The van der Waals surface area contributed by atoms with Crippen LogP contribution in [0.1, 0.15) is 36.5 Å². The third-order valence-electron chi connectivity index (χ3n) is 4.92. The molecule has 156 valence electrons. The first kappa shape index (κ1) is 21.0. The zero-order valence-corrected chi connectivity index (χ0v) is 17.4. The van der Waals surface area contributed by atoms with Crippen LogP contribution in [0, 0.1) is 6.92 Å². The largest absolute Gasteiger partial charge is 0.448 e. The van der Waals surface area contributed by atoms with E-state index in [-0.39, 0.29) is 17.2 Å². The van der Waals surface area contributed by atoms with Gasteiger partial charge in [-0.05, 0) is 39.3 Å². The predicted octanol–water partition coefficient (Wildman–Crippen LogP) is 2.23. The van der Waals surface area contributed by atoms with Gasteiger partial charge in [0, 0.05) is 18.2 Å². The minimum atomic E-state index is -3.13. The highest BCUT2D eigenvalue weighted by molar-refractivity contribution is 7.91. The number of hydrogen-bond acceptors (Lipinski definition) is 7. The van der Waals surface area contributed by atoms with Crippen LogP contribution in [-0.2, 0) is 19.4 Å². The van der Waals surface area contributed by atoms with Gasteiger partial charge in [-0.15, -0.1) is 0 Å². The quantitative estimate of drug-likeness (QED) is 0.660. The number of benzene rings is 1. The molecule has 2 atom stereocenters. The van der Waals surface area contributed by atoms with Gasteiger partial charge in [0.2, 0.25) is 5.89 Å². The second-order valence-electron chi connectivity index (χ2n) is 7.02. The maximum atomic E-state index is 12.8. The summed E-state index contributed by atoms with van der Waals surface area (Å²) in [4.78, 5) is 31.0. The number of amides is 1. The van der Waals surface area contributed by atoms with Crippen LogP contribution in [0.3, 0.4) is 0 Å². The summed E-state index contributed by atoms with van der Waals surface area (Å²) in [7, 11) is -3.13. The van der Waals surface area contributed by atoms with Crippen molar-refractivity contribution in [3.63, 3.8) is 0 Å². The Bertz CT molecular complexity index is 999. The zero-order valence-electron chi connectivity index (χ0n) is 16.6. The van der Waals surface area contributed by atoms with Crippen molar-refractivity contribution < 1.29 is 27.2 Å². The molecule has 3 rings (SSSR count). The molecule has 8 nitrogen and oxygen atoms in total. The number of sulfone groups is 1. The summed E-state index contributed by atoms with van der Waals surface area (Å²) >= 11 is 0. The topological polar surface area (TPSA) is 107 Å². The lowest BCUT2D eigenvalue weighted by Gasteiger charge is -2.29. The average Bonchev–Trinajstić information content (AvgIpc) is 3.25. The van der Waals surface area contributed by atoms with Gasteiger partial charge in [-0.2, -0.15) is 0 Å². The van der Waals surface area contributed by atoms with Crippen molar-refractivity contribution in [2.45, 2.75) is 39.3 Å². The molecule has 2 heterocycles. The number of ether oxygens (including phenoxy) is 1. The molecule has 1 aliphatic heterocycles. The summed E-state index contributed by atoms with van der Waals surface area (Å²) in [5.41, 5.74) is 0.730. The first-order valence-electron chi connectivity index (χ1n) is 9.46. The summed E-state index contributed by atoms with van der Waals surface area (Å²) in [6.45, 7) is 5.18. The fourth-order valence-electron chi connectivity index (χ4n) is 3.41. The van der Waals surface area contributed by atoms with Crippen LogP contribution in [0.25, 0.3) is 11.5 Å². The third-order valence-corrected chi connectivity index (χ3v) is 6.67. The Balaban J connectivity index is 1.70. The van der Waals surface area contributed by atoms with E-state index in [2.05, 4.69) is 4.98 Å². The zero-order chi connectivity index (χ0) is 21.2. The van der Waals surface area contributed by atoms with Gasteiger partial charge in [0.25, 0.3) is 5.91 Å². The summed E-state index contributed by atoms with van der Waals surface area (Å²) in [5.74, 6) is -0.591. The third kappa shape index (κ3) is 4.67. The number of esters is 1. The molecule has 9 heteroatoms. The molecule has 1 fully saturated rings. The lowest BCUT2D eigenvalue weighted by Crippen LogP contribution is -2.46. The molecule has 1 amide bonds. The van der Waals surface area contributed by atoms with Crippen LogP contribution >= 0.6 is 0 Å². The number of carbonyl (C=O) groups excluding carboxylic acids is 2. The van der Waals surface area contributed by atoms with Crippen LogP contribution in [0.5, 0.6) is 0 Å². The smallest absolute Gasteiger partial charge is 0.361 e. The molecule has 0 bridgehead atoms. The second-order valence-corrected chi connectivity index (χ2v) is 9.25. The van der Waals surface area contributed by atoms with Crippen molar-refractivity contribution in [2.75, 3.05) is 18.1 Å². The minimum absolute atomic E-state index is 0.00926. The van der Waals surface area contributed by atoms with Crippen LogP contribution in [0.2, 0.25) is 0 Å². The van der Waals surface area contributed by atoms with Crippen LogP contribution in [-0.4, -0.2) is 60.4 Å². The molecule has 0 spiro atoms. The molecular weight excluding hydrogens is 396 g/mol. The SMILES string of the molecule is CCN(C(=O)[C@H](C)OC(=O)c1nc(-c2ccccc2)oc1C)[C@@H]1CCS(=O)(=O)C1. The number of hydrogen-bond donors (Lipinski definition) is 0. The average molecular weight is 420 g/mol. The fraction of sp³-hybridized carbons (Fsp3) is 0.450. The van der Waals surface area contributed by atoms with E-state index in [9.17, 15) is 18.0 Å². The van der Waals surface area contributed by atoms with Crippen molar-refractivity contribution >= 4 is 21.7 Å². The second kappa shape index (κ2) is 8.36. The number of nitrogens with zero attached hydrogens (tertiary/aromatic N) is 2. The van der Waals surface area contributed by atoms with E-state index in [1.165, 1.54) is 11.8 Å². The van der Waals surface area contributed by atoms with Crippen molar-refractivity contribution in [1.82, 2.24) is 9.88 Å². The Hall–Kier alpha value is -2.68. The van der Waals surface area contributed by atoms with Gasteiger partial charge < -0.3 is 14.1 Å². The van der Waals surface area contributed by atoms with Gasteiger partial charge in [0.1, 0.15) is 5.76 Å². The van der Waals surface area contributed by atoms with Crippen molar-refractivity contribution in [1.29, 1.82) is 0 Å². The summed E-state index contributed by atoms with van der Waals surface area (Å²) in [6.07, 6.45) is -0.673. The number of rotatable bonds is 6. The maximum Gasteiger partial charge on any atom is 0.361 e. The molecular formula is C20H24N2O6S. The van der Waals surface area contributed by atoms with Crippen molar-refractivity contribution in [3.8, 4) is 11.5 Å². The molecule has 0 saturated carbocycles. The highest BCUT2D eigenvalue weighted by Gasteiger charge is 2.36. The van der Waals surface area contributed by atoms with Gasteiger partial charge in [-0.25, -0.2) is 18.2 Å². The molecule has 0 aliphatic carbocycles. The van der Waals surface area contributed by atoms with E-state index >= 15 is 0 Å². The Kier molecular flexibility index (Phi) is 6.07. The predicted molar refractivity (Wildman–Crippen MR) is 106 cm³/mol. The Morgan fingerprint density at radius 3 is 2.59 bits per heavy atom. The van der Waals surface area contributed by atoms with Gasteiger partial charge >= 0.3 is 5.97 Å². The van der Waals surface area contributed by atoms with E-state index < -0.39 is 33.9 Å². The molecule has 1 aromatic carbocycles. The van der Waals surface area contributed by atoms with E-state index in [4.69, 9.17) is 9.15 Å². The molecule has 0 unspecified atom stereocenters. The lowest BCUT2D eigenvalue weighted by molar-refractivity contribution is -0.141. The van der Waals surface area contributed by atoms with Crippen LogP contribution in [0.4, 0.5) is 0 Å². The molecule has 0 N–H and O–H groups in total. The highest BCUT2D eigenvalue weighted by Crippen LogP contribution is 2.23. The van der Waals surface area contributed by atoms with E-state index in [0.717, 1.165) is 5.56 Å². The van der Waals surface area contributed by atoms with Crippen molar-refractivity contribution in [3.05, 3.63) is 41.8 Å². The number of oxazole rings is 1.